The lowest BCUT2D eigenvalue weighted by molar-refractivity contribution is -0.220. The smallest absolute Gasteiger partial charge is 0.375 e. The average Bonchev–Trinajstić information content (AvgIpc) is 2.10. The van der Waals surface area contributed by atoms with Gasteiger partial charge in [0.25, 0.3) is 0 Å². The Morgan fingerprint density at radius 1 is 1.11 bits per heavy atom. The molecule has 7 heteroatoms. The third-order valence-corrected chi connectivity index (χ3v) is 5.92. The van der Waals surface area contributed by atoms with Crippen molar-refractivity contribution in [3.05, 3.63) is 0 Å². The summed E-state index contributed by atoms with van der Waals surface area (Å²) in [5, 5.41) is 6.16. The Bertz CT molecular complexity index is 461. The Labute approximate surface area is 104 Å². The maximum Gasteiger partial charge on any atom is 0.375 e. The first-order valence-electron chi connectivity index (χ1n) is 6.21. The van der Waals surface area contributed by atoms with Gasteiger partial charge >= 0.3 is 15.4 Å². The molecule has 4 aliphatic carbocycles. The minimum absolute atomic E-state index is 0.223. The molecule has 4 bridgehead atoms. The van der Waals surface area contributed by atoms with Crippen molar-refractivity contribution in [3.8, 4) is 0 Å². The molecular formula is C11H16F2O4S. The monoisotopic (exact) mass is 282 g/mol. The summed E-state index contributed by atoms with van der Waals surface area (Å²) in [7, 11) is -5.48. The van der Waals surface area contributed by atoms with Crippen LogP contribution >= 0.6 is 0 Å². The van der Waals surface area contributed by atoms with Gasteiger partial charge in [0.05, 0.1) is 11.5 Å². The van der Waals surface area contributed by atoms with Crippen molar-refractivity contribution in [1.29, 1.82) is 0 Å². The SMILES string of the molecule is O=S(=O)(O)C(F)(F)C1C2CC3CC(C2)CC1(O)C3. The Morgan fingerprint density at radius 2 is 1.61 bits per heavy atom. The third kappa shape index (κ3) is 1.56. The van der Waals surface area contributed by atoms with Gasteiger partial charge in [0.1, 0.15) is 0 Å². The normalized spacial score (nSPS) is 47.6. The topological polar surface area (TPSA) is 74.6 Å². The van der Waals surface area contributed by atoms with Gasteiger partial charge in [0.15, 0.2) is 0 Å². The van der Waals surface area contributed by atoms with Gasteiger partial charge in [-0.05, 0) is 49.9 Å². The highest BCUT2D eigenvalue weighted by Crippen LogP contribution is 2.62. The first kappa shape index (κ1) is 12.7. The van der Waals surface area contributed by atoms with Crippen LogP contribution in [0.3, 0.4) is 0 Å². The van der Waals surface area contributed by atoms with E-state index in [-0.39, 0.29) is 24.7 Å². The van der Waals surface area contributed by atoms with Crippen LogP contribution in [0.25, 0.3) is 0 Å². The lowest BCUT2D eigenvalue weighted by atomic mass is 9.49. The molecule has 3 unspecified atom stereocenters. The van der Waals surface area contributed by atoms with Gasteiger partial charge in [0.2, 0.25) is 0 Å². The molecule has 4 fully saturated rings. The Kier molecular flexibility index (Phi) is 2.43. The number of hydrogen-bond acceptors (Lipinski definition) is 3. The van der Waals surface area contributed by atoms with Crippen molar-refractivity contribution in [3.63, 3.8) is 0 Å². The maximum atomic E-state index is 13.9. The molecule has 4 aliphatic rings. The molecule has 0 aliphatic heterocycles. The number of hydrogen-bond donors (Lipinski definition) is 2. The highest BCUT2D eigenvalue weighted by Gasteiger charge is 2.68. The van der Waals surface area contributed by atoms with Crippen LogP contribution in [0.1, 0.15) is 32.1 Å². The van der Waals surface area contributed by atoms with Gasteiger partial charge < -0.3 is 5.11 Å². The molecule has 2 N–H and O–H groups in total. The largest absolute Gasteiger partial charge is 0.389 e. The summed E-state index contributed by atoms with van der Waals surface area (Å²) >= 11 is 0. The fourth-order valence-corrected chi connectivity index (χ4v) is 5.48. The highest BCUT2D eigenvalue weighted by atomic mass is 32.2. The number of rotatable bonds is 2. The molecule has 104 valence electrons. The van der Waals surface area contributed by atoms with E-state index < -0.39 is 32.8 Å². The number of alkyl halides is 2. The van der Waals surface area contributed by atoms with Crippen LogP contribution in [0.2, 0.25) is 0 Å². The zero-order chi connectivity index (χ0) is 13.3. The van der Waals surface area contributed by atoms with E-state index >= 15 is 0 Å². The van der Waals surface area contributed by atoms with Gasteiger partial charge in [-0.3, -0.25) is 4.55 Å². The van der Waals surface area contributed by atoms with Crippen molar-refractivity contribution in [1.82, 2.24) is 0 Å². The van der Waals surface area contributed by atoms with E-state index in [9.17, 15) is 22.3 Å². The zero-order valence-electron chi connectivity index (χ0n) is 9.72. The van der Waals surface area contributed by atoms with E-state index in [2.05, 4.69) is 0 Å². The van der Waals surface area contributed by atoms with Crippen molar-refractivity contribution >= 4 is 10.1 Å². The molecule has 0 spiro atoms. The van der Waals surface area contributed by atoms with E-state index in [4.69, 9.17) is 4.55 Å². The summed E-state index contributed by atoms with van der Waals surface area (Å²) in [6.07, 6.45) is 2.48. The summed E-state index contributed by atoms with van der Waals surface area (Å²) in [6.45, 7) is 0. The highest BCUT2D eigenvalue weighted by molar-refractivity contribution is 7.86. The van der Waals surface area contributed by atoms with E-state index in [1.807, 2.05) is 0 Å². The third-order valence-electron chi connectivity index (χ3n) is 4.98. The second-order valence-electron chi connectivity index (χ2n) is 6.23. The summed E-state index contributed by atoms with van der Waals surface area (Å²) < 4.78 is 58.4. The quantitative estimate of drug-likeness (QED) is 0.755. The summed E-state index contributed by atoms with van der Waals surface area (Å²) in [5.41, 5.74) is -1.63. The first-order valence-corrected chi connectivity index (χ1v) is 7.65. The number of aliphatic hydroxyl groups is 1. The molecule has 0 aromatic rings. The van der Waals surface area contributed by atoms with E-state index in [0.717, 1.165) is 6.42 Å². The molecule has 0 amide bonds. The van der Waals surface area contributed by atoms with Crippen molar-refractivity contribution < 1.29 is 26.9 Å². The van der Waals surface area contributed by atoms with Gasteiger partial charge in [0, 0.05) is 0 Å². The molecule has 4 nitrogen and oxygen atoms in total. The summed E-state index contributed by atoms with van der Waals surface area (Å²) in [4.78, 5) is 0. The molecule has 3 atom stereocenters. The van der Waals surface area contributed by atoms with Crippen molar-refractivity contribution in [2.75, 3.05) is 0 Å². The van der Waals surface area contributed by atoms with Gasteiger partial charge in [-0.25, -0.2) is 0 Å². The molecule has 0 heterocycles. The number of halogens is 2. The Balaban J connectivity index is 2.03. The molecule has 0 radical (unpaired) electrons. The second-order valence-corrected chi connectivity index (χ2v) is 7.72. The maximum absolute atomic E-state index is 13.9. The van der Waals surface area contributed by atoms with Gasteiger partial charge in [-0.1, -0.05) is 0 Å². The molecule has 4 rings (SSSR count). The summed E-state index contributed by atoms with van der Waals surface area (Å²) in [5.74, 6) is -1.71. The standard InChI is InChI=1S/C11H16F2O4S/c12-11(13,18(15,16)17)9-8-2-6-1-7(3-8)5-10(9,14)4-6/h6-9,14H,1-5H2,(H,15,16,17). The van der Waals surface area contributed by atoms with Crippen LogP contribution in [0.5, 0.6) is 0 Å². The van der Waals surface area contributed by atoms with E-state index in [0.29, 0.717) is 12.8 Å². The zero-order valence-corrected chi connectivity index (χ0v) is 10.5. The molecule has 0 aromatic carbocycles. The van der Waals surface area contributed by atoms with Crippen LogP contribution in [0, 0.1) is 23.7 Å². The van der Waals surface area contributed by atoms with Gasteiger partial charge in [-0.15, -0.1) is 0 Å². The Hall–Kier alpha value is -0.270. The van der Waals surface area contributed by atoms with Crippen LogP contribution in [-0.2, 0) is 10.1 Å². The van der Waals surface area contributed by atoms with Crippen LogP contribution < -0.4 is 0 Å². The van der Waals surface area contributed by atoms with Crippen molar-refractivity contribution in [2.24, 2.45) is 23.7 Å². The predicted molar refractivity (Wildman–Crippen MR) is 58.5 cm³/mol. The van der Waals surface area contributed by atoms with Crippen LogP contribution in [0.4, 0.5) is 8.78 Å². The van der Waals surface area contributed by atoms with Crippen LogP contribution in [-0.4, -0.2) is 28.9 Å². The van der Waals surface area contributed by atoms with Crippen molar-refractivity contribution in [2.45, 2.75) is 43.0 Å². The van der Waals surface area contributed by atoms with E-state index in [1.165, 1.54) is 0 Å². The van der Waals surface area contributed by atoms with E-state index in [1.54, 1.807) is 0 Å². The predicted octanol–water partition coefficient (Wildman–Crippen LogP) is 1.65. The van der Waals surface area contributed by atoms with Crippen LogP contribution in [0.15, 0.2) is 0 Å². The first-order chi connectivity index (χ1) is 8.13. The molecular weight excluding hydrogens is 266 g/mol. The Morgan fingerprint density at radius 3 is 2.00 bits per heavy atom. The lowest BCUT2D eigenvalue weighted by Crippen LogP contribution is -2.63. The summed E-state index contributed by atoms with van der Waals surface area (Å²) in [6, 6.07) is 0. The fraction of sp³-hybridized carbons (Fsp3) is 1.00. The minimum atomic E-state index is -5.48. The van der Waals surface area contributed by atoms with Gasteiger partial charge in [-0.2, -0.15) is 17.2 Å². The average molecular weight is 282 g/mol. The molecule has 0 saturated heterocycles. The molecule has 18 heavy (non-hydrogen) atoms. The molecule has 4 saturated carbocycles. The minimum Gasteiger partial charge on any atom is -0.389 e. The second kappa shape index (κ2) is 3.43. The fourth-order valence-electron chi connectivity index (χ4n) is 4.75. The molecule has 0 aromatic heterocycles. The lowest BCUT2D eigenvalue weighted by Gasteiger charge is -2.59.